The fraction of sp³-hybridized carbons (Fsp3) is 0.571. The first-order valence-electron chi connectivity index (χ1n) is 13.4. The minimum Gasteiger partial charge on any atom is -0.493 e. The van der Waals surface area contributed by atoms with Crippen molar-refractivity contribution in [3.8, 4) is 11.5 Å². The van der Waals surface area contributed by atoms with Crippen LogP contribution in [0, 0.1) is 0 Å². The monoisotopic (exact) mass is 575 g/mol. The van der Waals surface area contributed by atoms with Gasteiger partial charge >= 0.3 is 23.9 Å². The Kier molecular flexibility index (Phi) is 7.24. The fourth-order valence-electron chi connectivity index (χ4n) is 6.62. The standard InChI is InChI=1S/C28H33NO12/c1-13(24(32)33)38-25(34)14(2)39-26(35)16(30)12-20(31)40-18-7-8-28(36)19-11-15-5-6-17(37-4)22-21(15)27(28,23(18)41-22)9-10-29(19)3/h5-7,13-14,16,19,23,30,36H,8-12H2,1-4H3,(H,32,33)/t13-,14-,16-,19-,23-,27-,28+/m0/s1. The third-order valence-corrected chi connectivity index (χ3v) is 8.69. The maximum absolute atomic E-state index is 12.9. The number of ether oxygens (including phenoxy) is 5. The van der Waals surface area contributed by atoms with Crippen LogP contribution >= 0.6 is 0 Å². The number of carboxylic acid groups (broad SMARTS) is 1. The van der Waals surface area contributed by atoms with Gasteiger partial charge in [0.1, 0.15) is 5.76 Å². The van der Waals surface area contributed by atoms with Crippen LogP contribution in [0.2, 0.25) is 0 Å². The van der Waals surface area contributed by atoms with Crippen LogP contribution in [0.25, 0.3) is 0 Å². The van der Waals surface area contributed by atoms with Gasteiger partial charge < -0.3 is 43.9 Å². The summed E-state index contributed by atoms with van der Waals surface area (Å²) in [5, 5.41) is 31.3. The summed E-state index contributed by atoms with van der Waals surface area (Å²) in [6.45, 7) is 2.95. The zero-order chi connectivity index (χ0) is 29.9. The molecule has 13 nitrogen and oxygen atoms in total. The Morgan fingerprint density at radius 2 is 1.85 bits per heavy atom. The van der Waals surface area contributed by atoms with Crippen LogP contribution in [0.4, 0.5) is 0 Å². The minimum absolute atomic E-state index is 0.161. The quantitative estimate of drug-likeness (QED) is 0.269. The molecule has 1 aromatic rings. The molecule has 0 amide bonds. The fourth-order valence-corrected chi connectivity index (χ4v) is 6.62. The number of methoxy groups -OCH3 is 1. The zero-order valence-electron chi connectivity index (χ0n) is 23.1. The number of likely N-dealkylation sites (N-methyl/N-ethyl adjacent to an activating group) is 1. The van der Waals surface area contributed by atoms with E-state index in [0.717, 1.165) is 25.0 Å². The van der Waals surface area contributed by atoms with E-state index in [9.17, 15) is 29.4 Å². The number of hydrogen-bond donors (Lipinski definition) is 3. The largest absolute Gasteiger partial charge is 0.493 e. The molecular formula is C28H33NO12. The van der Waals surface area contributed by atoms with E-state index in [1.165, 1.54) is 7.11 Å². The Bertz CT molecular complexity index is 1330. The number of carbonyl (C=O) groups excluding carboxylic acids is 3. The Balaban J connectivity index is 1.31. The lowest BCUT2D eigenvalue weighted by Crippen LogP contribution is -2.74. The molecule has 2 bridgehead atoms. The second kappa shape index (κ2) is 10.3. The molecule has 0 radical (unpaired) electrons. The van der Waals surface area contributed by atoms with Crippen molar-refractivity contribution in [2.24, 2.45) is 0 Å². The second-order valence-corrected chi connectivity index (χ2v) is 11.0. The molecular weight excluding hydrogens is 542 g/mol. The summed E-state index contributed by atoms with van der Waals surface area (Å²) in [6.07, 6.45) is -3.63. The number of aliphatic hydroxyl groups is 2. The van der Waals surface area contributed by atoms with Gasteiger partial charge in [-0.05, 0) is 58.0 Å². The number of nitrogens with zero attached hydrogens (tertiary/aromatic N) is 1. The Hall–Kier alpha value is -3.68. The highest BCUT2D eigenvalue weighted by molar-refractivity contribution is 5.85. The summed E-state index contributed by atoms with van der Waals surface area (Å²) in [5.74, 6) is -3.59. The summed E-state index contributed by atoms with van der Waals surface area (Å²) in [6, 6.07) is 3.60. The average Bonchev–Trinajstić information content (AvgIpc) is 3.27. The van der Waals surface area contributed by atoms with Gasteiger partial charge in [0.15, 0.2) is 35.9 Å². The molecule has 1 fully saturated rings. The summed E-state index contributed by atoms with van der Waals surface area (Å²) in [5.41, 5.74) is -0.207. The topological polar surface area (TPSA) is 178 Å². The van der Waals surface area contributed by atoms with Gasteiger partial charge in [-0.2, -0.15) is 0 Å². The lowest BCUT2D eigenvalue weighted by atomic mass is 9.50. The molecule has 0 saturated carbocycles. The molecule has 13 heteroatoms. The van der Waals surface area contributed by atoms with Crippen molar-refractivity contribution in [1.29, 1.82) is 0 Å². The molecule has 2 heterocycles. The lowest BCUT2D eigenvalue weighted by molar-refractivity contribution is -0.179. The van der Waals surface area contributed by atoms with Crippen molar-refractivity contribution in [3.05, 3.63) is 35.1 Å². The molecule has 2 aliphatic carbocycles. The number of benzene rings is 1. The molecule has 3 N–H and O–H groups in total. The number of aliphatic carboxylic acids is 1. The van der Waals surface area contributed by atoms with E-state index in [2.05, 4.69) is 9.64 Å². The van der Waals surface area contributed by atoms with Crippen LogP contribution in [-0.4, -0.2) is 101 Å². The summed E-state index contributed by atoms with van der Waals surface area (Å²) in [7, 11) is 3.50. The molecule has 1 saturated heterocycles. The highest BCUT2D eigenvalue weighted by Crippen LogP contribution is 2.65. The molecule has 5 rings (SSSR count). The number of likely N-dealkylation sites (tertiary alicyclic amines) is 1. The molecule has 0 aromatic heterocycles. The number of rotatable bonds is 9. The Labute approximate surface area is 235 Å². The lowest BCUT2D eigenvalue weighted by Gasteiger charge is -2.61. The van der Waals surface area contributed by atoms with Crippen LogP contribution in [0.15, 0.2) is 24.0 Å². The minimum atomic E-state index is -1.97. The Morgan fingerprint density at radius 1 is 1.15 bits per heavy atom. The van der Waals surface area contributed by atoms with Gasteiger partial charge in [0.2, 0.25) is 0 Å². The highest BCUT2D eigenvalue weighted by atomic mass is 16.6. The molecule has 0 unspecified atom stereocenters. The van der Waals surface area contributed by atoms with Crippen LogP contribution in [-0.2, 0) is 45.2 Å². The molecule has 1 spiro atoms. The summed E-state index contributed by atoms with van der Waals surface area (Å²) in [4.78, 5) is 50.1. The molecule has 41 heavy (non-hydrogen) atoms. The molecule has 2 aliphatic heterocycles. The van der Waals surface area contributed by atoms with Gasteiger partial charge in [-0.3, -0.25) is 4.79 Å². The third-order valence-electron chi connectivity index (χ3n) is 8.69. The van der Waals surface area contributed by atoms with Crippen molar-refractivity contribution in [2.45, 2.75) is 81.0 Å². The number of piperidine rings is 1. The van der Waals surface area contributed by atoms with Gasteiger partial charge in [0.05, 0.1) is 24.5 Å². The van der Waals surface area contributed by atoms with E-state index in [4.69, 9.17) is 24.1 Å². The smallest absolute Gasteiger partial charge is 0.347 e. The van der Waals surface area contributed by atoms with Crippen molar-refractivity contribution < 1.29 is 58.2 Å². The first-order chi connectivity index (χ1) is 19.3. The van der Waals surface area contributed by atoms with Crippen molar-refractivity contribution in [1.82, 2.24) is 4.90 Å². The van der Waals surface area contributed by atoms with E-state index < -0.39 is 65.7 Å². The van der Waals surface area contributed by atoms with Crippen molar-refractivity contribution in [2.75, 3.05) is 20.7 Å². The maximum atomic E-state index is 12.9. The predicted octanol–water partition coefficient (Wildman–Crippen LogP) is 0.215. The summed E-state index contributed by atoms with van der Waals surface area (Å²) >= 11 is 0. The number of hydrogen-bond acceptors (Lipinski definition) is 12. The van der Waals surface area contributed by atoms with E-state index in [1.807, 2.05) is 19.2 Å². The highest BCUT2D eigenvalue weighted by Gasteiger charge is 2.72. The van der Waals surface area contributed by atoms with Crippen molar-refractivity contribution in [3.63, 3.8) is 0 Å². The molecule has 222 valence electrons. The SMILES string of the molecule is COc1ccc2c3c1O[C@H]1C(OC(=O)C[C@H](O)C(=O)O[C@@H](C)C(=O)O[C@@H](C)C(=O)O)=CC[C@@]4(O)[C@H](C2)N(C)CC[C@]314. The van der Waals surface area contributed by atoms with E-state index >= 15 is 0 Å². The first kappa shape index (κ1) is 28.8. The number of carboxylic acids is 1. The third kappa shape index (κ3) is 4.43. The molecule has 1 aromatic carbocycles. The normalized spacial score (nSPS) is 29.6. The van der Waals surface area contributed by atoms with E-state index in [0.29, 0.717) is 30.9 Å². The van der Waals surface area contributed by atoms with Crippen LogP contribution < -0.4 is 9.47 Å². The van der Waals surface area contributed by atoms with Crippen molar-refractivity contribution >= 4 is 23.9 Å². The van der Waals surface area contributed by atoms with Crippen LogP contribution in [0.1, 0.15) is 44.2 Å². The summed E-state index contributed by atoms with van der Waals surface area (Å²) < 4.78 is 27.1. The first-order valence-corrected chi connectivity index (χ1v) is 13.4. The predicted molar refractivity (Wildman–Crippen MR) is 137 cm³/mol. The van der Waals surface area contributed by atoms with Gasteiger partial charge in [-0.25, -0.2) is 14.4 Å². The zero-order valence-corrected chi connectivity index (χ0v) is 23.1. The number of esters is 3. The average molecular weight is 576 g/mol. The van der Waals surface area contributed by atoms with Gasteiger partial charge in [-0.1, -0.05) is 6.07 Å². The number of carbonyl (C=O) groups is 4. The van der Waals surface area contributed by atoms with Gasteiger partial charge in [-0.15, -0.1) is 0 Å². The van der Waals surface area contributed by atoms with Crippen LogP contribution in [0.3, 0.4) is 0 Å². The van der Waals surface area contributed by atoms with Crippen LogP contribution in [0.5, 0.6) is 11.5 Å². The Morgan fingerprint density at radius 3 is 2.54 bits per heavy atom. The molecule has 4 aliphatic rings. The number of aliphatic hydroxyl groups excluding tert-OH is 1. The van der Waals surface area contributed by atoms with E-state index in [1.54, 1.807) is 6.08 Å². The van der Waals surface area contributed by atoms with E-state index in [-0.39, 0.29) is 18.2 Å². The molecule has 7 atom stereocenters. The maximum Gasteiger partial charge on any atom is 0.347 e. The van der Waals surface area contributed by atoms with Gasteiger partial charge in [0, 0.05) is 18.0 Å². The van der Waals surface area contributed by atoms with Gasteiger partial charge in [0.25, 0.3) is 0 Å². The second-order valence-electron chi connectivity index (χ2n) is 11.0.